The SMILES string of the molecule is Cc1cc(OCc2coc(-c3cccs3)n2)ccc1[N+](=O)[O-]. The van der Waals surface area contributed by atoms with E-state index in [-0.39, 0.29) is 12.3 Å². The maximum Gasteiger partial charge on any atom is 0.272 e. The Morgan fingerprint density at radius 2 is 2.27 bits per heavy atom. The molecule has 0 saturated carbocycles. The quantitative estimate of drug-likeness (QED) is 0.520. The van der Waals surface area contributed by atoms with E-state index in [4.69, 9.17) is 9.15 Å². The van der Waals surface area contributed by atoms with Crippen LogP contribution in [0.4, 0.5) is 5.69 Å². The average Bonchev–Trinajstić information content (AvgIpc) is 3.16. The topological polar surface area (TPSA) is 78.4 Å². The van der Waals surface area contributed by atoms with E-state index in [1.54, 1.807) is 36.7 Å². The van der Waals surface area contributed by atoms with Gasteiger partial charge in [0.2, 0.25) is 5.89 Å². The molecule has 0 N–H and O–H groups in total. The third-order valence-electron chi connectivity index (χ3n) is 3.04. The van der Waals surface area contributed by atoms with E-state index >= 15 is 0 Å². The Bertz CT molecular complexity index is 796. The normalized spacial score (nSPS) is 10.6. The van der Waals surface area contributed by atoms with E-state index in [0.29, 0.717) is 22.9 Å². The Kier molecular flexibility index (Phi) is 3.88. The van der Waals surface area contributed by atoms with Crippen molar-refractivity contribution < 1.29 is 14.1 Å². The molecule has 6 nitrogen and oxygen atoms in total. The highest BCUT2D eigenvalue weighted by molar-refractivity contribution is 7.13. The van der Waals surface area contributed by atoms with Crippen LogP contribution < -0.4 is 4.74 Å². The predicted molar refractivity (Wildman–Crippen MR) is 82.0 cm³/mol. The van der Waals surface area contributed by atoms with Crippen LogP contribution in [-0.2, 0) is 6.61 Å². The van der Waals surface area contributed by atoms with Crippen molar-refractivity contribution in [3.05, 3.63) is 63.3 Å². The fourth-order valence-corrected chi connectivity index (χ4v) is 2.62. The van der Waals surface area contributed by atoms with Crippen LogP contribution in [0.5, 0.6) is 5.75 Å². The van der Waals surface area contributed by atoms with Gasteiger partial charge in [-0.1, -0.05) is 6.07 Å². The number of ether oxygens (including phenoxy) is 1. The number of benzene rings is 1. The molecule has 0 saturated heterocycles. The molecule has 3 rings (SSSR count). The summed E-state index contributed by atoms with van der Waals surface area (Å²) in [7, 11) is 0. The summed E-state index contributed by atoms with van der Waals surface area (Å²) < 4.78 is 11.0. The first-order chi connectivity index (χ1) is 10.6. The van der Waals surface area contributed by atoms with E-state index in [2.05, 4.69) is 4.98 Å². The highest BCUT2D eigenvalue weighted by Gasteiger charge is 2.12. The number of nitro groups is 1. The van der Waals surface area contributed by atoms with Gasteiger partial charge in [-0.25, -0.2) is 4.98 Å². The molecule has 3 aromatic rings. The predicted octanol–water partition coefficient (Wildman–Crippen LogP) is 4.20. The number of hydrogen-bond acceptors (Lipinski definition) is 6. The van der Waals surface area contributed by atoms with Gasteiger partial charge in [0.1, 0.15) is 24.3 Å². The third-order valence-corrected chi connectivity index (χ3v) is 3.89. The maximum atomic E-state index is 10.8. The second-order valence-electron chi connectivity index (χ2n) is 4.62. The molecule has 0 unspecified atom stereocenters. The molecular formula is C15H12N2O4S. The van der Waals surface area contributed by atoms with Crippen molar-refractivity contribution in [2.75, 3.05) is 0 Å². The molecule has 0 atom stereocenters. The summed E-state index contributed by atoms with van der Waals surface area (Å²) in [6, 6.07) is 8.51. The third kappa shape index (κ3) is 2.99. The van der Waals surface area contributed by atoms with Crippen molar-refractivity contribution in [2.24, 2.45) is 0 Å². The summed E-state index contributed by atoms with van der Waals surface area (Å²) in [5.41, 5.74) is 1.30. The zero-order valence-electron chi connectivity index (χ0n) is 11.7. The molecule has 22 heavy (non-hydrogen) atoms. The van der Waals surface area contributed by atoms with Crippen LogP contribution >= 0.6 is 11.3 Å². The molecule has 0 spiro atoms. The van der Waals surface area contributed by atoms with Gasteiger partial charge in [0, 0.05) is 11.6 Å². The smallest absolute Gasteiger partial charge is 0.272 e. The summed E-state index contributed by atoms with van der Waals surface area (Å²) in [6.07, 6.45) is 1.55. The Labute approximate surface area is 130 Å². The Morgan fingerprint density at radius 1 is 1.41 bits per heavy atom. The second kappa shape index (κ2) is 5.98. The van der Waals surface area contributed by atoms with Crippen LogP contribution in [-0.4, -0.2) is 9.91 Å². The van der Waals surface area contributed by atoms with Gasteiger partial charge in [0.05, 0.1) is 9.80 Å². The lowest BCUT2D eigenvalue weighted by Gasteiger charge is -2.05. The Balaban J connectivity index is 1.68. The summed E-state index contributed by atoms with van der Waals surface area (Å²) in [5.74, 6) is 1.12. The van der Waals surface area contributed by atoms with Crippen LogP contribution in [0.25, 0.3) is 10.8 Å². The first-order valence-electron chi connectivity index (χ1n) is 6.49. The molecule has 0 bridgehead atoms. The molecule has 0 aliphatic carbocycles. The molecule has 1 aromatic carbocycles. The van der Waals surface area contributed by atoms with Crippen LogP contribution in [0.2, 0.25) is 0 Å². The van der Waals surface area contributed by atoms with Crippen molar-refractivity contribution in [3.63, 3.8) is 0 Å². The summed E-state index contributed by atoms with van der Waals surface area (Å²) in [4.78, 5) is 15.7. The number of aryl methyl sites for hydroxylation is 1. The van der Waals surface area contributed by atoms with Crippen LogP contribution in [0.15, 0.2) is 46.4 Å². The summed E-state index contributed by atoms with van der Waals surface area (Å²) in [5, 5.41) is 12.7. The van der Waals surface area contributed by atoms with Crippen molar-refractivity contribution in [1.82, 2.24) is 4.98 Å². The van der Waals surface area contributed by atoms with E-state index < -0.39 is 4.92 Å². The lowest BCUT2D eigenvalue weighted by molar-refractivity contribution is -0.385. The fourth-order valence-electron chi connectivity index (χ4n) is 1.97. The molecule has 0 aliphatic rings. The zero-order valence-corrected chi connectivity index (χ0v) is 12.5. The van der Waals surface area contributed by atoms with E-state index in [9.17, 15) is 10.1 Å². The van der Waals surface area contributed by atoms with Gasteiger partial charge in [-0.15, -0.1) is 11.3 Å². The van der Waals surface area contributed by atoms with Crippen molar-refractivity contribution in [3.8, 4) is 16.5 Å². The van der Waals surface area contributed by atoms with Gasteiger partial charge in [-0.05, 0) is 30.5 Å². The molecule has 0 amide bonds. The van der Waals surface area contributed by atoms with Crippen molar-refractivity contribution in [1.29, 1.82) is 0 Å². The summed E-state index contributed by atoms with van der Waals surface area (Å²) >= 11 is 1.55. The van der Waals surface area contributed by atoms with Crippen LogP contribution in [0.1, 0.15) is 11.3 Å². The first kappa shape index (κ1) is 14.3. The van der Waals surface area contributed by atoms with E-state index in [1.165, 1.54) is 6.07 Å². The molecule has 0 aliphatic heterocycles. The van der Waals surface area contributed by atoms with Gasteiger partial charge >= 0.3 is 0 Å². The minimum Gasteiger partial charge on any atom is -0.487 e. The number of oxazole rings is 1. The molecule has 2 heterocycles. The Hall–Kier alpha value is -2.67. The van der Waals surface area contributed by atoms with E-state index in [1.807, 2.05) is 17.5 Å². The maximum absolute atomic E-state index is 10.8. The lowest BCUT2D eigenvalue weighted by atomic mass is 10.2. The lowest BCUT2D eigenvalue weighted by Crippen LogP contribution is -1.97. The number of aromatic nitrogens is 1. The fraction of sp³-hybridized carbons (Fsp3) is 0.133. The van der Waals surface area contributed by atoms with Gasteiger partial charge in [-0.3, -0.25) is 10.1 Å². The first-order valence-corrected chi connectivity index (χ1v) is 7.37. The minimum atomic E-state index is -0.413. The standard InChI is InChI=1S/C15H12N2O4S/c1-10-7-12(4-5-13(10)17(18)19)20-8-11-9-21-15(16-11)14-3-2-6-22-14/h2-7,9H,8H2,1H3. The number of nitro benzene ring substituents is 1. The number of hydrogen-bond donors (Lipinski definition) is 0. The minimum absolute atomic E-state index is 0.0776. The van der Waals surface area contributed by atoms with Gasteiger partial charge in [0.15, 0.2) is 0 Å². The molecule has 0 radical (unpaired) electrons. The molecule has 7 heteroatoms. The van der Waals surface area contributed by atoms with Crippen LogP contribution in [0.3, 0.4) is 0 Å². The molecule has 0 fully saturated rings. The second-order valence-corrected chi connectivity index (χ2v) is 5.56. The Morgan fingerprint density at radius 3 is 2.95 bits per heavy atom. The average molecular weight is 316 g/mol. The largest absolute Gasteiger partial charge is 0.487 e. The number of nitrogens with zero attached hydrogens (tertiary/aromatic N) is 2. The van der Waals surface area contributed by atoms with Gasteiger partial charge in [-0.2, -0.15) is 0 Å². The molecule has 112 valence electrons. The van der Waals surface area contributed by atoms with E-state index in [0.717, 1.165) is 4.88 Å². The molecule has 2 aromatic heterocycles. The van der Waals surface area contributed by atoms with Gasteiger partial charge in [0.25, 0.3) is 5.69 Å². The van der Waals surface area contributed by atoms with Gasteiger partial charge < -0.3 is 9.15 Å². The number of rotatable bonds is 5. The highest BCUT2D eigenvalue weighted by Crippen LogP contribution is 2.25. The zero-order chi connectivity index (χ0) is 15.5. The van der Waals surface area contributed by atoms with Crippen LogP contribution in [0, 0.1) is 17.0 Å². The van der Waals surface area contributed by atoms with Crippen molar-refractivity contribution in [2.45, 2.75) is 13.5 Å². The highest BCUT2D eigenvalue weighted by atomic mass is 32.1. The summed E-state index contributed by atoms with van der Waals surface area (Å²) in [6.45, 7) is 1.92. The molecular weight excluding hydrogens is 304 g/mol. The number of thiophene rings is 1. The van der Waals surface area contributed by atoms with Crippen molar-refractivity contribution >= 4 is 17.0 Å². The monoisotopic (exact) mass is 316 g/mol.